The van der Waals surface area contributed by atoms with Gasteiger partial charge in [0.1, 0.15) is 10.0 Å². The van der Waals surface area contributed by atoms with Crippen LogP contribution in [-0.4, -0.2) is 46.4 Å². The van der Waals surface area contributed by atoms with Crippen LogP contribution in [0.25, 0.3) is 0 Å². The second-order valence-corrected chi connectivity index (χ2v) is 16.2. The number of aromatic nitrogens is 4. The van der Waals surface area contributed by atoms with Gasteiger partial charge in [0.05, 0.1) is 30.1 Å². The summed E-state index contributed by atoms with van der Waals surface area (Å²) >= 11 is 12.4. The van der Waals surface area contributed by atoms with Gasteiger partial charge in [0.25, 0.3) is 0 Å². The van der Waals surface area contributed by atoms with Crippen LogP contribution >= 0.6 is 23.2 Å². The van der Waals surface area contributed by atoms with Gasteiger partial charge in [-0.25, -0.2) is 18.4 Å². The maximum absolute atomic E-state index is 11.7. The summed E-state index contributed by atoms with van der Waals surface area (Å²) in [4.78, 5) is 40.5. The van der Waals surface area contributed by atoms with Crippen molar-refractivity contribution in [3.05, 3.63) is 135 Å². The van der Waals surface area contributed by atoms with E-state index in [1.807, 2.05) is 54.6 Å². The molecule has 17 heteroatoms. The lowest BCUT2D eigenvalue weighted by atomic mass is 10.1. The Morgan fingerprint density at radius 2 is 1.23 bits per heavy atom. The minimum Gasteiger partial charge on any atom is -0.365 e. The van der Waals surface area contributed by atoms with E-state index in [1.165, 1.54) is 18.0 Å². The number of anilines is 8. The normalized spacial score (nSPS) is 12.7. The molecule has 0 saturated heterocycles. The number of benzene rings is 4. The van der Waals surface area contributed by atoms with Crippen LogP contribution in [-0.2, 0) is 45.4 Å². The summed E-state index contributed by atoms with van der Waals surface area (Å²) in [6.07, 6.45) is 4.96. The number of hydrogen-bond donors (Lipinski definition) is 6. The van der Waals surface area contributed by atoms with Gasteiger partial charge in [0.2, 0.25) is 23.7 Å². The molecule has 0 atom stereocenters. The molecule has 0 saturated carbocycles. The number of sulfone groups is 1. The molecule has 57 heavy (non-hydrogen) atoms. The number of aryl methyl sites for hydroxylation is 1. The first-order valence-corrected chi connectivity index (χ1v) is 20.3. The van der Waals surface area contributed by atoms with Crippen LogP contribution in [0.15, 0.2) is 102 Å². The molecule has 4 heterocycles. The first-order valence-electron chi connectivity index (χ1n) is 17.6. The lowest BCUT2D eigenvalue weighted by Gasteiger charge is -2.11. The number of fused-ring (bicyclic) bond motifs is 2. The van der Waals surface area contributed by atoms with E-state index in [1.54, 1.807) is 24.4 Å². The molecule has 6 aromatic rings. The molecule has 2 aliphatic rings. The van der Waals surface area contributed by atoms with E-state index in [0.29, 0.717) is 59.5 Å². The van der Waals surface area contributed by atoms with Gasteiger partial charge in [-0.1, -0.05) is 71.2 Å². The number of carbonyl (C=O) groups is 2. The molecule has 4 aromatic carbocycles. The van der Waals surface area contributed by atoms with Crippen LogP contribution in [0.4, 0.5) is 46.3 Å². The molecule has 2 aromatic heterocycles. The second-order valence-electron chi connectivity index (χ2n) is 13.3. The molecule has 2 aliphatic heterocycles. The molecule has 14 nitrogen and oxygen atoms in total. The van der Waals surface area contributed by atoms with Crippen molar-refractivity contribution < 1.29 is 18.0 Å². The largest absolute Gasteiger partial charge is 0.365 e. The van der Waals surface area contributed by atoms with Crippen LogP contribution < -0.4 is 31.9 Å². The number of carbonyl (C=O) groups excluding carboxylic acids is 2. The smallest absolute Gasteiger partial charge is 0.229 e. The van der Waals surface area contributed by atoms with Crippen LogP contribution in [0.2, 0.25) is 10.0 Å². The lowest BCUT2D eigenvalue weighted by molar-refractivity contribution is -0.115. The van der Waals surface area contributed by atoms with E-state index in [0.717, 1.165) is 45.0 Å². The highest BCUT2D eigenvalue weighted by atomic mass is 35.5. The van der Waals surface area contributed by atoms with E-state index in [9.17, 15) is 18.0 Å². The number of rotatable bonds is 11. The van der Waals surface area contributed by atoms with Crippen molar-refractivity contribution >= 4 is 91.1 Å². The zero-order valence-electron chi connectivity index (χ0n) is 30.7. The summed E-state index contributed by atoms with van der Waals surface area (Å²) in [7, 11) is -3.28. The van der Waals surface area contributed by atoms with Crippen molar-refractivity contribution in [2.24, 2.45) is 0 Å². The van der Waals surface area contributed by atoms with Gasteiger partial charge in [-0.05, 0) is 71.6 Å². The molecule has 8 rings (SSSR count). The van der Waals surface area contributed by atoms with E-state index in [2.05, 4.69) is 70.9 Å². The zero-order chi connectivity index (χ0) is 40.1. The molecule has 0 aliphatic carbocycles. The SMILES string of the molecule is CS(=O)(=O)c1cccc(CNc2nc(Nc3ccc4c(c3)CC(=O)N4)ncc2Cl)c1.Cc1cccc(CNc2nc(Nc3ccc4c(c3)NC(=O)C4)ncc2Cl)c1. The lowest BCUT2D eigenvalue weighted by Crippen LogP contribution is -2.06. The molecular weight excluding hydrogens is 787 g/mol. The third-order valence-corrected chi connectivity index (χ3v) is 10.5. The first-order chi connectivity index (χ1) is 27.3. The topological polar surface area (TPSA) is 192 Å². The summed E-state index contributed by atoms with van der Waals surface area (Å²) in [5, 5.41) is 19.0. The fourth-order valence-corrected chi connectivity index (χ4v) is 7.05. The number of nitrogens with zero attached hydrogens (tertiary/aromatic N) is 4. The Hall–Kier alpha value is -6.29. The van der Waals surface area contributed by atoms with Crippen molar-refractivity contribution in [1.29, 1.82) is 0 Å². The maximum atomic E-state index is 11.7. The highest BCUT2D eigenvalue weighted by Gasteiger charge is 2.19. The van der Waals surface area contributed by atoms with Gasteiger partial charge >= 0.3 is 0 Å². The highest BCUT2D eigenvalue weighted by molar-refractivity contribution is 7.90. The molecule has 0 spiro atoms. The zero-order valence-corrected chi connectivity index (χ0v) is 33.0. The summed E-state index contributed by atoms with van der Waals surface area (Å²) < 4.78 is 23.5. The highest BCUT2D eigenvalue weighted by Crippen LogP contribution is 2.30. The molecule has 2 amide bonds. The summed E-state index contributed by atoms with van der Waals surface area (Å²) in [5.41, 5.74) is 8.19. The fraction of sp³-hybridized carbons (Fsp3) is 0.150. The Morgan fingerprint density at radius 3 is 1.86 bits per heavy atom. The number of amides is 2. The molecule has 6 N–H and O–H groups in total. The minimum atomic E-state index is -3.28. The quantitative estimate of drug-likeness (QED) is 0.0749. The summed E-state index contributed by atoms with van der Waals surface area (Å²) in [6, 6.07) is 26.1. The molecular formula is C40H36Cl2N10O4S. The molecule has 0 bridgehead atoms. The minimum absolute atomic E-state index is 0.00697. The van der Waals surface area contributed by atoms with Gasteiger partial charge in [-0.15, -0.1) is 0 Å². The van der Waals surface area contributed by atoms with E-state index in [4.69, 9.17) is 23.2 Å². The Morgan fingerprint density at radius 1 is 0.667 bits per heavy atom. The summed E-state index contributed by atoms with van der Waals surface area (Å²) in [6.45, 7) is 3.01. The molecule has 290 valence electrons. The van der Waals surface area contributed by atoms with Gasteiger partial charge in [-0.3, -0.25) is 9.59 Å². The van der Waals surface area contributed by atoms with Crippen molar-refractivity contribution in [2.45, 2.75) is 37.8 Å². The Labute approximate surface area is 338 Å². The number of halogens is 2. The third kappa shape index (κ3) is 10.1. The van der Waals surface area contributed by atoms with Crippen LogP contribution in [0.1, 0.15) is 27.8 Å². The van der Waals surface area contributed by atoms with Crippen molar-refractivity contribution in [2.75, 3.05) is 38.2 Å². The van der Waals surface area contributed by atoms with E-state index < -0.39 is 9.84 Å². The Kier molecular flexibility index (Phi) is 11.5. The van der Waals surface area contributed by atoms with Gasteiger partial charge in [0, 0.05) is 42.1 Å². The number of nitrogens with one attached hydrogen (secondary N) is 6. The standard InChI is InChI=1S/C20H18ClN5O3S.C20H18ClN5O/c1-30(28,29)15-4-2-3-12(7-15)10-22-19-16(21)11-23-20(26-19)24-14-5-6-17-13(8-14)9-18(27)25-17;1-12-3-2-4-13(7-12)10-22-19-16(21)11-23-20(26-19)24-15-6-5-14-8-18(27)25-17(14)9-15/h2-8,11H,9-10H2,1H3,(H,25,27)(H2,22,23,24,26);2-7,9,11H,8,10H2,1H3,(H,25,27)(H2,22,23,24,26). The fourth-order valence-electron chi connectivity index (χ4n) is 6.04. The van der Waals surface area contributed by atoms with E-state index >= 15 is 0 Å². The van der Waals surface area contributed by atoms with E-state index in [-0.39, 0.29) is 16.7 Å². The second kappa shape index (κ2) is 16.8. The number of hydrogen-bond acceptors (Lipinski definition) is 12. The van der Waals surface area contributed by atoms with Gasteiger partial charge in [0.15, 0.2) is 21.5 Å². The molecule has 0 unspecified atom stereocenters. The van der Waals surface area contributed by atoms with Crippen LogP contribution in [0, 0.1) is 6.92 Å². The van der Waals surface area contributed by atoms with Crippen molar-refractivity contribution in [3.63, 3.8) is 0 Å². The molecule has 0 radical (unpaired) electrons. The predicted molar refractivity (Wildman–Crippen MR) is 224 cm³/mol. The maximum Gasteiger partial charge on any atom is 0.229 e. The average Bonchev–Trinajstić information content (AvgIpc) is 3.75. The predicted octanol–water partition coefficient (Wildman–Crippen LogP) is 7.67. The Bertz CT molecular complexity index is 2630. The van der Waals surface area contributed by atoms with Crippen molar-refractivity contribution in [1.82, 2.24) is 19.9 Å². The molecule has 0 fully saturated rings. The van der Waals surface area contributed by atoms with Gasteiger partial charge in [-0.2, -0.15) is 9.97 Å². The van der Waals surface area contributed by atoms with Crippen LogP contribution in [0.5, 0.6) is 0 Å². The Balaban J connectivity index is 0.000000175. The van der Waals surface area contributed by atoms with Gasteiger partial charge < -0.3 is 31.9 Å². The van der Waals surface area contributed by atoms with Crippen molar-refractivity contribution in [3.8, 4) is 0 Å². The first kappa shape index (κ1) is 39.0. The third-order valence-electron chi connectivity index (χ3n) is 8.79. The summed E-state index contributed by atoms with van der Waals surface area (Å²) in [5.74, 6) is 1.71. The monoisotopic (exact) mass is 822 g/mol. The van der Waals surface area contributed by atoms with Crippen LogP contribution in [0.3, 0.4) is 0 Å². The average molecular weight is 824 g/mol.